The minimum atomic E-state index is -0.686. The van der Waals surface area contributed by atoms with Gasteiger partial charge in [-0.3, -0.25) is 14.9 Å². The zero-order chi connectivity index (χ0) is 15.6. The molecule has 0 aliphatic heterocycles. The van der Waals surface area contributed by atoms with Crippen molar-refractivity contribution in [3.05, 3.63) is 62.7 Å². The third-order valence-corrected chi connectivity index (χ3v) is 3.07. The van der Waals surface area contributed by atoms with Gasteiger partial charge in [0.15, 0.2) is 0 Å². The zero-order valence-electron chi connectivity index (χ0n) is 11.0. The van der Waals surface area contributed by atoms with Gasteiger partial charge in [-0.25, -0.2) is 0 Å². The summed E-state index contributed by atoms with van der Waals surface area (Å²) in [5.74, 6) is -1.17. The molecule has 2 aromatic rings. The summed E-state index contributed by atoms with van der Waals surface area (Å²) in [4.78, 5) is 22.2. The van der Waals surface area contributed by atoms with Gasteiger partial charge >= 0.3 is 0 Å². The molecule has 0 bridgehead atoms. The summed E-state index contributed by atoms with van der Waals surface area (Å²) in [6, 6.07) is 8.98. The largest absolute Gasteiger partial charge is 0.506 e. The number of hydrogen-bond donors (Lipinski definition) is 2. The van der Waals surface area contributed by atoms with Gasteiger partial charge in [0.25, 0.3) is 11.6 Å². The number of nitrogens with zero attached hydrogens (tertiary/aromatic N) is 1. The lowest BCUT2D eigenvalue weighted by Crippen LogP contribution is -2.12. The molecule has 0 atom stereocenters. The lowest BCUT2D eigenvalue weighted by atomic mass is 10.1. The molecular weight excluding hydrogens is 296 g/mol. The maximum atomic E-state index is 12.1. The number of aromatic hydroxyl groups is 1. The molecule has 7 heteroatoms. The number of carbonyl (C=O) groups excluding carboxylic acids is 1. The first-order valence-electron chi connectivity index (χ1n) is 5.93. The molecule has 0 saturated carbocycles. The first-order valence-corrected chi connectivity index (χ1v) is 6.31. The van der Waals surface area contributed by atoms with E-state index in [1.165, 1.54) is 0 Å². The number of rotatable bonds is 3. The van der Waals surface area contributed by atoms with E-state index in [2.05, 4.69) is 5.32 Å². The van der Waals surface area contributed by atoms with Crippen molar-refractivity contribution in [1.82, 2.24) is 0 Å². The van der Waals surface area contributed by atoms with E-state index in [0.29, 0.717) is 5.69 Å². The van der Waals surface area contributed by atoms with E-state index >= 15 is 0 Å². The Balaban J connectivity index is 2.37. The molecule has 6 nitrogen and oxygen atoms in total. The van der Waals surface area contributed by atoms with Gasteiger partial charge in [0.1, 0.15) is 5.75 Å². The SMILES string of the molecule is Cc1cccc(NC(=O)c2cc([N+](=O)[O-])cc(Cl)c2O)c1. The quantitative estimate of drug-likeness (QED) is 0.670. The molecule has 0 heterocycles. The van der Waals surface area contributed by atoms with Crippen molar-refractivity contribution in [2.75, 3.05) is 5.32 Å². The fourth-order valence-electron chi connectivity index (χ4n) is 1.78. The summed E-state index contributed by atoms with van der Waals surface area (Å²) in [7, 11) is 0. The molecule has 0 spiro atoms. The van der Waals surface area contributed by atoms with Gasteiger partial charge in [0, 0.05) is 17.8 Å². The first-order chi connectivity index (χ1) is 9.88. The van der Waals surface area contributed by atoms with Crippen molar-refractivity contribution < 1.29 is 14.8 Å². The summed E-state index contributed by atoms with van der Waals surface area (Å²) in [5, 5.41) is 22.9. The molecule has 108 valence electrons. The summed E-state index contributed by atoms with van der Waals surface area (Å²) >= 11 is 5.70. The molecule has 0 aliphatic rings. The number of benzene rings is 2. The van der Waals surface area contributed by atoms with Crippen LogP contribution in [-0.4, -0.2) is 15.9 Å². The Morgan fingerprint density at radius 3 is 2.67 bits per heavy atom. The molecule has 2 N–H and O–H groups in total. The second-order valence-electron chi connectivity index (χ2n) is 4.40. The average molecular weight is 307 g/mol. The molecule has 0 radical (unpaired) electrons. The number of nitro benzene ring substituents is 1. The normalized spacial score (nSPS) is 10.2. The van der Waals surface area contributed by atoms with Gasteiger partial charge < -0.3 is 10.4 Å². The number of amides is 1. The van der Waals surface area contributed by atoms with Crippen molar-refractivity contribution in [1.29, 1.82) is 0 Å². The number of halogens is 1. The standard InChI is InChI=1S/C14H11ClN2O4/c1-8-3-2-4-9(5-8)16-14(19)11-6-10(17(20)21)7-12(15)13(11)18/h2-7,18H,1H3,(H,16,19). The van der Waals surface area contributed by atoms with E-state index in [1.807, 2.05) is 13.0 Å². The average Bonchev–Trinajstić information content (AvgIpc) is 2.41. The minimum absolute atomic E-state index is 0.251. The Morgan fingerprint density at radius 2 is 2.05 bits per heavy atom. The van der Waals surface area contributed by atoms with Crippen LogP contribution in [0.1, 0.15) is 15.9 Å². The van der Waals surface area contributed by atoms with Gasteiger partial charge in [0.2, 0.25) is 0 Å². The smallest absolute Gasteiger partial charge is 0.271 e. The van der Waals surface area contributed by atoms with E-state index < -0.39 is 16.6 Å². The van der Waals surface area contributed by atoms with Crippen molar-refractivity contribution >= 4 is 28.9 Å². The van der Waals surface area contributed by atoms with Crippen LogP contribution >= 0.6 is 11.6 Å². The molecule has 2 rings (SSSR count). The highest BCUT2D eigenvalue weighted by molar-refractivity contribution is 6.33. The third kappa shape index (κ3) is 3.29. The minimum Gasteiger partial charge on any atom is -0.506 e. The lowest BCUT2D eigenvalue weighted by molar-refractivity contribution is -0.384. The predicted molar refractivity (Wildman–Crippen MR) is 78.9 cm³/mol. The highest BCUT2D eigenvalue weighted by atomic mass is 35.5. The Kier molecular flexibility index (Phi) is 4.09. The number of phenolic OH excluding ortho intramolecular Hbond substituents is 1. The van der Waals surface area contributed by atoms with Crippen LogP contribution in [0.5, 0.6) is 5.75 Å². The third-order valence-electron chi connectivity index (χ3n) is 2.78. The Hall–Kier alpha value is -2.60. The fraction of sp³-hybridized carbons (Fsp3) is 0.0714. The number of nitrogens with one attached hydrogen (secondary N) is 1. The van der Waals surface area contributed by atoms with Gasteiger partial charge in [-0.2, -0.15) is 0 Å². The van der Waals surface area contributed by atoms with Crippen LogP contribution in [0.2, 0.25) is 5.02 Å². The Labute approximate surface area is 125 Å². The molecule has 2 aromatic carbocycles. The van der Waals surface area contributed by atoms with E-state index in [4.69, 9.17) is 11.6 Å². The maximum absolute atomic E-state index is 12.1. The van der Waals surface area contributed by atoms with Crippen LogP contribution in [0, 0.1) is 17.0 Å². The lowest BCUT2D eigenvalue weighted by Gasteiger charge is -2.08. The molecule has 1 amide bonds. The van der Waals surface area contributed by atoms with Crippen LogP contribution in [0.25, 0.3) is 0 Å². The first kappa shape index (κ1) is 14.8. The Bertz CT molecular complexity index is 731. The summed E-state index contributed by atoms with van der Waals surface area (Å²) < 4.78 is 0. The zero-order valence-corrected chi connectivity index (χ0v) is 11.7. The number of aryl methyl sites for hydroxylation is 1. The Morgan fingerprint density at radius 1 is 1.33 bits per heavy atom. The van der Waals surface area contributed by atoms with Crippen molar-refractivity contribution in [3.63, 3.8) is 0 Å². The number of nitro groups is 1. The second kappa shape index (κ2) is 5.80. The molecule has 0 aliphatic carbocycles. The van der Waals surface area contributed by atoms with Crippen molar-refractivity contribution in [3.8, 4) is 5.75 Å². The van der Waals surface area contributed by atoms with Crippen molar-refractivity contribution in [2.45, 2.75) is 6.92 Å². The van der Waals surface area contributed by atoms with Crippen LogP contribution in [0.15, 0.2) is 36.4 Å². The van der Waals surface area contributed by atoms with Crippen LogP contribution in [0.3, 0.4) is 0 Å². The van der Waals surface area contributed by atoms with Crippen molar-refractivity contribution in [2.24, 2.45) is 0 Å². The van der Waals surface area contributed by atoms with E-state index in [1.54, 1.807) is 18.2 Å². The van der Waals surface area contributed by atoms with Gasteiger partial charge in [-0.15, -0.1) is 0 Å². The highest BCUT2D eigenvalue weighted by Crippen LogP contribution is 2.32. The van der Waals surface area contributed by atoms with Gasteiger partial charge in [-0.1, -0.05) is 23.7 Å². The number of non-ortho nitro benzene ring substituents is 1. The van der Waals surface area contributed by atoms with Gasteiger partial charge in [-0.05, 0) is 24.6 Å². The predicted octanol–water partition coefficient (Wildman–Crippen LogP) is 3.51. The highest BCUT2D eigenvalue weighted by Gasteiger charge is 2.20. The second-order valence-corrected chi connectivity index (χ2v) is 4.81. The summed E-state index contributed by atoms with van der Waals surface area (Å²) in [6.45, 7) is 1.86. The molecule has 0 aromatic heterocycles. The van der Waals surface area contributed by atoms with Crippen LogP contribution in [-0.2, 0) is 0 Å². The monoisotopic (exact) mass is 306 g/mol. The molecule has 21 heavy (non-hydrogen) atoms. The molecule has 0 unspecified atom stereocenters. The molecule has 0 saturated heterocycles. The van der Waals surface area contributed by atoms with E-state index in [0.717, 1.165) is 17.7 Å². The fourth-order valence-corrected chi connectivity index (χ4v) is 2.00. The van der Waals surface area contributed by atoms with E-state index in [-0.39, 0.29) is 16.3 Å². The van der Waals surface area contributed by atoms with Gasteiger partial charge in [0.05, 0.1) is 15.5 Å². The van der Waals surface area contributed by atoms with E-state index in [9.17, 15) is 20.0 Å². The molecule has 0 fully saturated rings. The topological polar surface area (TPSA) is 92.5 Å². The summed E-state index contributed by atoms with van der Waals surface area (Å²) in [5.41, 5.74) is 0.832. The van der Waals surface area contributed by atoms with Crippen LogP contribution in [0.4, 0.5) is 11.4 Å². The number of hydrogen-bond acceptors (Lipinski definition) is 4. The number of phenols is 1. The number of carbonyl (C=O) groups is 1. The molecular formula is C14H11ClN2O4. The van der Waals surface area contributed by atoms with Crippen LogP contribution < -0.4 is 5.32 Å². The maximum Gasteiger partial charge on any atom is 0.271 e. The number of anilines is 1. The summed E-state index contributed by atoms with van der Waals surface area (Å²) in [6.07, 6.45) is 0.